The number of hydrogen-bond acceptors (Lipinski definition) is 9. The summed E-state index contributed by atoms with van der Waals surface area (Å²) in [4.78, 5) is 18.0. The SMILES string of the molecule is Oc1cc(N2Cc3nc(NCC45CCCN4CCC5)nc4c3C(C2)OCC2C3CCC(CN42)N3)c2c(Cl)cccc2c1. The van der Waals surface area contributed by atoms with E-state index in [4.69, 9.17) is 26.3 Å². The molecule has 4 unspecified atom stereocenters. The highest BCUT2D eigenvalue weighted by molar-refractivity contribution is 6.36. The fraction of sp³-hybridized carbons (Fsp3) is 0.562. The van der Waals surface area contributed by atoms with E-state index in [1.165, 1.54) is 51.6 Å². The molecule has 42 heavy (non-hydrogen) atoms. The van der Waals surface area contributed by atoms with Crippen LogP contribution in [0.25, 0.3) is 10.8 Å². The summed E-state index contributed by atoms with van der Waals surface area (Å²) in [5.41, 5.74) is 3.28. The number of aromatic hydroxyl groups is 1. The number of phenolic OH excluding ortho intramolecular Hbond substituents is 1. The van der Waals surface area contributed by atoms with Gasteiger partial charge < -0.3 is 30.3 Å². The van der Waals surface area contributed by atoms with Crippen LogP contribution in [0, 0.1) is 0 Å². The highest BCUT2D eigenvalue weighted by Crippen LogP contribution is 2.45. The Morgan fingerprint density at radius 2 is 2.00 bits per heavy atom. The Bertz CT molecular complexity index is 1560. The minimum Gasteiger partial charge on any atom is -0.508 e. The molecule has 0 amide bonds. The van der Waals surface area contributed by atoms with E-state index in [9.17, 15) is 5.11 Å². The predicted molar refractivity (Wildman–Crippen MR) is 165 cm³/mol. The van der Waals surface area contributed by atoms with Gasteiger partial charge in [-0.2, -0.15) is 4.98 Å². The molecule has 10 heteroatoms. The van der Waals surface area contributed by atoms with Gasteiger partial charge >= 0.3 is 0 Å². The standard InChI is InChI=1S/C32H38ClN7O2/c33-22-5-1-4-19-12-21(41)13-25(28(19)22)38-15-24-29-27(16-38)42-17-26-23-7-6-20(35-23)14-40(26)30(29)37-31(36-24)34-18-32-8-2-10-39(32)11-3-9-32/h1,4-5,12-13,20,23,26-27,35,41H,2-3,6-11,14-18H2,(H,34,36,37). The third-order valence-corrected chi connectivity index (χ3v) is 11.3. The van der Waals surface area contributed by atoms with E-state index in [1.54, 1.807) is 6.07 Å². The van der Waals surface area contributed by atoms with Crippen molar-refractivity contribution < 1.29 is 9.84 Å². The molecule has 2 aromatic carbocycles. The summed E-state index contributed by atoms with van der Waals surface area (Å²) < 4.78 is 6.77. The second-order valence-electron chi connectivity index (χ2n) is 13.3. The maximum atomic E-state index is 10.7. The number of halogens is 1. The highest BCUT2D eigenvalue weighted by atomic mass is 35.5. The van der Waals surface area contributed by atoms with Gasteiger partial charge in [0, 0.05) is 54.3 Å². The Balaban J connectivity index is 1.14. The van der Waals surface area contributed by atoms with E-state index in [0.717, 1.165) is 52.6 Å². The van der Waals surface area contributed by atoms with E-state index in [-0.39, 0.29) is 23.4 Å². The van der Waals surface area contributed by atoms with Gasteiger partial charge in [0.25, 0.3) is 0 Å². The van der Waals surface area contributed by atoms with Crippen molar-refractivity contribution in [3.63, 3.8) is 0 Å². The van der Waals surface area contributed by atoms with Crippen LogP contribution in [-0.2, 0) is 11.3 Å². The molecule has 2 bridgehead atoms. The van der Waals surface area contributed by atoms with E-state index < -0.39 is 0 Å². The molecule has 1 aromatic heterocycles. The van der Waals surface area contributed by atoms with Gasteiger partial charge in [0.2, 0.25) is 5.95 Å². The molecule has 0 aliphatic carbocycles. The molecule has 9 rings (SSSR count). The zero-order chi connectivity index (χ0) is 28.0. The van der Waals surface area contributed by atoms with Crippen LogP contribution >= 0.6 is 11.6 Å². The normalized spacial score (nSPS) is 29.4. The summed E-state index contributed by atoms with van der Waals surface area (Å²) in [6.07, 6.45) is 7.26. The molecular formula is C32H38ClN7O2. The molecule has 220 valence electrons. The van der Waals surface area contributed by atoms with E-state index in [0.29, 0.717) is 36.8 Å². The first kappa shape index (κ1) is 25.6. The second kappa shape index (κ2) is 9.58. The van der Waals surface area contributed by atoms with Crippen LogP contribution in [0.3, 0.4) is 0 Å². The predicted octanol–water partition coefficient (Wildman–Crippen LogP) is 4.43. The Morgan fingerprint density at radius 1 is 1.12 bits per heavy atom. The van der Waals surface area contributed by atoms with Crippen molar-refractivity contribution in [2.24, 2.45) is 0 Å². The van der Waals surface area contributed by atoms with Crippen molar-refractivity contribution in [2.75, 3.05) is 54.4 Å². The zero-order valence-electron chi connectivity index (χ0n) is 23.9. The second-order valence-corrected chi connectivity index (χ2v) is 13.7. The Kier molecular flexibility index (Phi) is 5.84. The molecule has 9 nitrogen and oxygen atoms in total. The van der Waals surface area contributed by atoms with Crippen molar-refractivity contribution in [1.29, 1.82) is 0 Å². The van der Waals surface area contributed by atoms with Crippen LogP contribution in [-0.4, -0.2) is 83.0 Å². The average Bonchev–Trinajstić information content (AvgIpc) is 3.66. The topological polar surface area (TPSA) is 89.0 Å². The lowest BCUT2D eigenvalue weighted by molar-refractivity contribution is 0.0415. The number of benzene rings is 2. The molecule has 7 heterocycles. The Morgan fingerprint density at radius 3 is 2.88 bits per heavy atom. The number of nitrogens with zero attached hydrogens (tertiary/aromatic N) is 5. The van der Waals surface area contributed by atoms with Crippen molar-refractivity contribution in [2.45, 2.75) is 74.8 Å². The highest BCUT2D eigenvalue weighted by Gasteiger charge is 2.47. The number of rotatable bonds is 4. The summed E-state index contributed by atoms with van der Waals surface area (Å²) in [6.45, 7) is 6.16. The van der Waals surface area contributed by atoms with Crippen molar-refractivity contribution >= 4 is 39.8 Å². The molecule has 3 N–H and O–H groups in total. The maximum absolute atomic E-state index is 10.7. The first-order chi connectivity index (χ1) is 20.5. The number of fused-ring (bicyclic) bond motifs is 7. The van der Waals surface area contributed by atoms with E-state index in [2.05, 4.69) is 25.3 Å². The first-order valence-electron chi connectivity index (χ1n) is 15.7. The summed E-state index contributed by atoms with van der Waals surface area (Å²) >= 11 is 6.77. The molecule has 0 saturated carbocycles. The lowest BCUT2D eigenvalue weighted by Crippen LogP contribution is -2.59. The van der Waals surface area contributed by atoms with Crippen LogP contribution in [0.2, 0.25) is 5.02 Å². The molecule has 0 spiro atoms. The monoisotopic (exact) mass is 587 g/mol. The summed E-state index contributed by atoms with van der Waals surface area (Å²) in [5.74, 6) is 2.01. The van der Waals surface area contributed by atoms with Gasteiger partial charge in [0.15, 0.2) is 0 Å². The van der Waals surface area contributed by atoms with Crippen LogP contribution < -0.4 is 20.4 Å². The molecule has 3 aromatic rings. The minimum absolute atomic E-state index is 0.166. The number of ether oxygens (including phenoxy) is 1. The van der Waals surface area contributed by atoms with Gasteiger partial charge in [-0.15, -0.1) is 0 Å². The van der Waals surface area contributed by atoms with Gasteiger partial charge in [0.1, 0.15) is 17.7 Å². The third kappa shape index (κ3) is 3.93. The minimum atomic E-state index is -0.166. The van der Waals surface area contributed by atoms with E-state index >= 15 is 0 Å². The number of piperazine rings is 1. The van der Waals surface area contributed by atoms with Crippen LogP contribution in [0.5, 0.6) is 5.75 Å². The van der Waals surface area contributed by atoms with Crippen LogP contribution in [0.1, 0.15) is 55.9 Å². The molecule has 6 aliphatic rings. The largest absolute Gasteiger partial charge is 0.508 e. The van der Waals surface area contributed by atoms with Gasteiger partial charge in [-0.3, -0.25) is 4.90 Å². The first-order valence-corrected chi connectivity index (χ1v) is 16.1. The van der Waals surface area contributed by atoms with Crippen LogP contribution in [0.15, 0.2) is 30.3 Å². The molecule has 0 radical (unpaired) electrons. The fourth-order valence-electron chi connectivity index (χ4n) is 9.01. The number of anilines is 3. The fourth-order valence-corrected chi connectivity index (χ4v) is 9.29. The summed E-state index contributed by atoms with van der Waals surface area (Å²) in [7, 11) is 0. The summed E-state index contributed by atoms with van der Waals surface area (Å²) in [6, 6.07) is 10.6. The van der Waals surface area contributed by atoms with Gasteiger partial charge in [-0.25, -0.2) is 4.98 Å². The van der Waals surface area contributed by atoms with Crippen molar-refractivity contribution in [3.8, 4) is 5.75 Å². The quantitative estimate of drug-likeness (QED) is 0.410. The summed E-state index contributed by atoms with van der Waals surface area (Å²) in [5, 5.41) is 20.8. The lowest BCUT2D eigenvalue weighted by Gasteiger charge is -2.41. The lowest BCUT2D eigenvalue weighted by atomic mass is 9.94. The van der Waals surface area contributed by atoms with Crippen molar-refractivity contribution in [1.82, 2.24) is 20.2 Å². The molecule has 6 aliphatic heterocycles. The number of nitrogens with one attached hydrogen (secondary N) is 2. The van der Waals surface area contributed by atoms with E-state index in [1.807, 2.05) is 24.3 Å². The molecule has 4 fully saturated rings. The Labute approximate surface area is 251 Å². The third-order valence-electron chi connectivity index (χ3n) is 11.0. The Hall–Kier alpha value is -2.85. The molecule has 4 saturated heterocycles. The number of aromatic nitrogens is 2. The number of phenols is 1. The van der Waals surface area contributed by atoms with Gasteiger partial charge in [-0.05, 0) is 69.1 Å². The van der Waals surface area contributed by atoms with Crippen molar-refractivity contribution in [3.05, 3.63) is 46.6 Å². The average molecular weight is 588 g/mol. The zero-order valence-corrected chi connectivity index (χ0v) is 24.6. The molecular weight excluding hydrogens is 550 g/mol. The maximum Gasteiger partial charge on any atom is 0.225 e. The smallest absolute Gasteiger partial charge is 0.225 e. The molecule has 4 atom stereocenters. The van der Waals surface area contributed by atoms with Gasteiger partial charge in [-0.1, -0.05) is 23.7 Å². The number of hydrogen-bond donors (Lipinski definition) is 3. The van der Waals surface area contributed by atoms with Crippen LogP contribution in [0.4, 0.5) is 17.5 Å². The van der Waals surface area contributed by atoms with Gasteiger partial charge in [0.05, 0.1) is 35.6 Å².